The van der Waals surface area contributed by atoms with Gasteiger partial charge in [-0.15, -0.1) is 0 Å². The topological polar surface area (TPSA) is 3.01 Å². The molecule has 0 spiro atoms. The normalized spacial score (nSPS) is 28.1. The van der Waals surface area contributed by atoms with Crippen molar-refractivity contribution in [1.82, 2.24) is 4.90 Å². The number of hydrogen-bond acceptors (Lipinski definition) is 1. The summed E-state index contributed by atoms with van der Waals surface area (Å²) in [6, 6.07) is 19.7. The van der Waals surface area contributed by atoms with Crippen molar-refractivity contribution in [2.24, 2.45) is 0 Å². The molecule has 1 saturated heterocycles. The molecule has 0 amide bonds. The molecule has 0 radical (unpaired) electrons. The molecule has 4 heteroatoms. The van der Waals surface area contributed by atoms with Gasteiger partial charge in [0.2, 0.25) is 4.46 Å². The highest BCUT2D eigenvalue weighted by molar-refractivity contribution is 6.56. The molecule has 3 rings (SSSR count). The molecule has 2 aromatic carbocycles. The molecule has 1 aliphatic heterocycles. The fourth-order valence-corrected chi connectivity index (χ4v) is 3.46. The molecule has 1 fully saturated rings. The fraction of sp³-hybridized carbons (Fsp3) is 0.200. The van der Waals surface area contributed by atoms with E-state index in [-0.39, 0.29) is 0 Å². The van der Waals surface area contributed by atoms with Gasteiger partial charge in [0.15, 0.2) is 5.00 Å². The number of alkyl halides is 3. The lowest BCUT2D eigenvalue weighted by molar-refractivity contribution is 0.471. The van der Waals surface area contributed by atoms with Crippen LogP contribution in [0.2, 0.25) is 0 Å². The van der Waals surface area contributed by atoms with Crippen molar-refractivity contribution in [3.8, 4) is 0 Å². The van der Waals surface area contributed by atoms with Gasteiger partial charge in [-0.25, -0.2) is 4.90 Å². The quantitative estimate of drug-likeness (QED) is 0.450. The maximum absolute atomic E-state index is 6.64. The molecule has 0 N–H and O–H groups in total. The first-order valence-corrected chi connectivity index (χ1v) is 7.14. The van der Waals surface area contributed by atoms with Crippen LogP contribution in [0.15, 0.2) is 60.7 Å². The second-order valence-electron chi connectivity index (χ2n) is 4.60. The molecular weight excluding hydrogens is 301 g/mol. The van der Waals surface area contributed by atoms with Crippen LogP contribution in [0.25, 0.3) is 0 Å². The first kappa shape index (κ1) is 13.3. The van der Waals surface area contributed by atoms with Crippen LogP contribution in [-0.4, -0.2) is 9.36 Å². The Morgan fingerprint density at radius 3 is 1.89 bits per heavy atom. The summed E-state index contributed by atoms with van der Waals surface area (Å²) in [6.45, 7) is 0.617. The summed E-state index contributed by atoms with van der Waals surface area (Å²) >= 11 is 19.4. The smallest absolute Gasteiger partial charge is 0.210 e. The summed E-state index contributed by atoms with van der Waals surface area (Å²) < 4.78 is -1.08. The summed E-state index contributed by atoms with van der Waals surface area (Å²) in [5, 5.41) is 0. The Morgan fingerprint density at radius 1 is 0.789 bits per heavy atom. The van der Waals surface area contributed by atoms with Gasteiger partial charge < -0.3 is 0 Å². The number of halogens is 3. The highest BCUT2D eigenvalue weighted by Gasteiger charge is 2.74. The van der Waals surface area contributed by atoms with Crippen molar-refractivity contribution in [3.05, 3.63) is 71.8 Å². The molecule has 2 aromatic rings. The SMILES string of the molecule is ClC1(Cl)N(Cc2ccccc2)C1(Cl)c1ccccc1. The van der Waals surface area contributed by atoms with E-state index in [1.807, 2.05) is 65.6 Å². The van der Waals surface area contributed by atoms with Gasteiger partial charge in [0.25, 0.3) is 0 Å². The Balaban J connectivity index is 1.88. The zero-order valence-electron chi connectivity index (χ0n) is 10.1. The van der Waals surface area contributed by atoms with Crippen LogP contribution in [-0.2, 0) is 11.5 Å². The first-order valence-electron chi connectivity index (χ1n) is 6.01. The number of hydrogen-bond donors (Lipinski definition) is 0. The zero-order valence-corrected chi connectivity index (χ0v) is 12.3. The molecule has 2 unspecified atom stereocenters. The molecule has 1 heterocycles. The van der Waals surface area contributed by atoms with E-state index in [0.717, 1.165) is 11.1 Å². The highest BCUT2D eigenvalue weighted by Crippen LogP contribution is 2.67. The Morgan fingerprint density at radius 2 is 1.32 bits per heavy atom. The molecule has 19 heavy (non-hydrogen) atoms. The monoisotopic (exact) mass is 311 g/mol. The van der Waals surface area contributed by atoms with Crippen LogP contribution in [0, 0.1) is 0 Å². The van der Waals surface area contributed by atoms with E-state index in [2.05, 4.69) is 0 Å². The van der Waals surface area contributed by atoms with Crippen LogP contribution < -0.4 is 0 Å². The third kappa shape index (κ3) is 2.05. The van der Waals surface area contributed by atoms with Gasteiger partial charge >= 0.3 is 0 Å². The highest BCUT2D eigenvalue weighted by atomic mass is 35.5. The average molecular weight is 313 g/mol. The van der Waals surface area contributed by atoms with E-state index in [1.165, 1.54) is 0 Å². The Labute approximate surface area is 127 Å². The van der Waals surface area contributed by atoms with Gasteiger partial charge in [-0.05, 0) is 11.1 Å². The number of benzene rings is 2. The number of rotatable bonds is 3. The van der Waals surface area contributed by atoms with E-state index >= 15 is 0 Å². The predicted molar refractivity (Wildman–Crippen MR) is 80.4 cm³/mol. The van der Waals surface area contributed by atoms with Gasteiger partial charge in [-0.1, -0.05) is 95.5 Å². The third-order valence-corrected chi connectivity index (χ3v) is 5.24. The van der Waals surface area contributed by atoms with E-state index < -0.39 is 9.46 Å². The maximum atomic E-state index is 6.64. The number of nitrogens with zero attached hydrogens (tertiary/aromatic N) is 1. The van der Waals surface area contributed by atoms with Crippen LogP contribution in [0.1, 0.15) is 11.1 Å². The minimum atomic E-state index is -1.08. The lowest BCUT2D eigenvalue weighted by Gasteiger charge is -2.09. The second-order valence-corrected chi connectivity index (χ2v) is 6.44. The van der Waals surface area contributed by atoms with E-state index in [9.17, 15) is 0 Å². The Kier molecular flexibility index (Phi) is 3.26. The molecule has 98 valence electrons. The molecule has 1 aliphatic rings. The van der Waals surface area contributed by atoms with Crippen LogP contribution in [0.5, 0.6) is 0 Å². The summed E-state index contributed by atoms with van der Waals surface area (Å²) in [7, 11) is 0. The molecule has 0 saturated carbocycles. The summed E-state index contributed by atoms with van der Waals surface area (Å²) in [5.41, 5.74) is 2.05. The maximum Gasteiger partial charge on any atom is 0.210 e. The second kappa shape index (κ2) is 4.68. The van der Waals surface area contributed by atoms with Gasteiger partial charge in [-0.3, -0.25) is 0 Å². The van der Waals surface area contributed by atoms with Gasteiger partial charge in [0.1, 0.15) is 0 Å². The summed E-state index contributed by atoms with van der Waals surface area (Å²) in [5.74, 6) is 0. The molecule has 0 aromatic heterocycles. The molecule has 0 aliphatic carbocycles. The lowest BCUT2D eigenvalue weighted by Crippen LogP contribution is -2.09. The molecule has 1 nitrogen and oxygen atoms in total. The largest absolute Gasteiger partial charge is 0.238 e. The molecular formula is C15H12Cl3N. The van der Waals surface area contributed by atoms with Crippen LogP contribution in [0.4, 0.5) is 0 Å². The van der Waals surface area contributed by atoms with E-state index in [0.29, 0.717) is 6.54 Å². The molecule has 2 atom stereocenters. The van der Waals surface area contributed by atoms with E-state index in [4.69, 9.17) is 34.8 Å². The van der Waals surface area contributed by atoms with Crippen molar-refractivity contribution < 1.29 is 0 Å². The lowest BCUT2D eigenvalue weighted by atomic mass is 10.1. The van der Waals surface area contributed by atoms with Gasteiger partial charge in [0, 0.05) is 6.54 Å². The van der Waals surface area contributed by atoms with E-state index in [1.54, 1.807) is 0 Å². The van der Waals surface area contributed by atoms with Crippen LogP contribution in [0.3, 0.4) is 0 Å². The van der Waals surface area contributed by atoms with Gasteiger partial charge in [0.05, 0.1) is 0 Å². The van der Waals surface area contributed by atoms with Crippen molar-refractivity contribution >= 4 is 34.8 Å². The summed E-state index contributed by atoms with van der Waals surface area (Å²) in [6.07, 6.45) is 0. The fourth-order valence-electron chi connectivity index (χ4n) is 2.29. The molecule has 0 bridgehead atoms. The minimum Gasteiger partial charge on any atom is -0.238 e. The first-order chi connectivity index (χ1) is 9.07. The predicted octanol–water partition coefficient (Wildman–Crippen LogP) is 4.73. The summed E-state index contributed by atoms with van der Waals surface area (Å²) in [4.78, 5) is 1.02. The van der Waals surface area contributed by atoms with Crippen molar-refractivity contribution in [3.63, 3.8) is 0 Å². The van der Waals surface area contributed by atoms with Crippen molar-refractivity contribution in [2.75, 3.05) is 0 Å². The Hall–Kier alpha value is -0.730. The average Bonchev–Trinajstić information content (AvgIpc) is 2.87. The standard InChI is InChI=1S/C15H12Cl3N/c16-14(13-9-5-2-6-10-13)15(17,18)19(14)11-12-7-3-1-4-8-12/h1-10H,11H2. The minimum absolute atomic E-state index is 0.617. The van der Waals surface area contributed by atoms with Crippen molar-refractivity contribution in [2.45, 2.75) is 16.0 Å². The Bertz CT molecular complexity index is 570. The van der Waals surface area contributed by atoms with Crippen LogP contribution >= 0.6 is 34.8 Å². The third-order valence-electron chi connectivity index (χ3n) is 3.40. The van der Waals surface area contributed by atoms with Gasteiger partial charge in [-0.2, -0.15) is 0 Å². The zero-order chi connectivity index (χ0) is 13.5. The van der Waals surface area contributed by atoms with Crippen molar-refractivity contribution in [1.29, 1.82) is 0 Å².